The van der Waals surface area contributed by atoms with Crippen LogP contribution in [-0.2, 0) is 27.9 Å². The average Bonchev–Trinajstić information content (AvgIpc) is 3.70. The molecule has 1 amide bonds. The molecule has 0 saturated heterocycles. The van der Waals surface area contributed by atoms with E-state index in [0.717, 1.165) is 89.9 Å². The second-order valence-electron chi connectivity index (χ2n) is 25.8. The Kier molecular flexibility index (Phi) is 63.5. The van der Waals surface area contributed by atoms with Gasteiger partial charge in [-0.3, -0.25) is 18.6 Å². The van der Waals surface area contributed by atoms with Crippen molar-refractivity contribution >= 4 is 19.7 Å². The number of ether oxygens (including phenoxy) is 1. The molecule has 3 atom stereocenters. The van der Waals surface area contributed by atoms with Crippen molar-refractivity contribution in [3.05, 3.63) is 97.2 Å². The molecular weight excluding hydrogens is 1100 g/mol. The maximum Gasteiger partial charge on any atom is 0.472 e. The zero-order chi connectivity index (χ0) is 63.5. The monoisotopic (exact) mass is 1240 g/mol. The molecule has 0 fully saturated rings. The lowest BCUT2D eigenvalue weighted by molar-refractivity contribution is -0.870. The number of quaternary nitrogens is 1. The number of hydrogen-bond acceptors (Lipinski definition) is 6. The van der Waals surface area contributed by atoms with Crippen LogP contribution in [0.4, 0.5) is 0 Å². The first-order valence-corrected chi connectivity index (χ1v) is 38.1. The van der Waals surface area contributed by atoms with E-state index in [0.29, 0.717) is 17.4 Å². The predicted molar refractivity (Wildman–Crippen MR) is 378 cm³/mol. The highest BCUT2D eigenvalue weighted by atomic mass is 31.2. The fourth-order valence-electron chi connectivity index (χ4n) is 10.3. The van der Waals surface area contributed by atoms with Crippen molar-refractivity contribution in [3.8, 4) is 0 Å². The van der Waals surface area contributed by atoms with Crippen molar-refractivity contribution in [2.24, 2.45) is 0 Å². The molecule has 0 saturated carbocycles. The summed E-state index contributed by atoms with van der Waals surface area (Å²) in [5.74, 6) is -0.509. The van der Waals surface area contributed by atoms with E-state index in [2.05, 4.69) is 111 Å². The molecule has 0 bridgehead atoms. The van der Waals surface area contributed by atoms with Crippen LogP contribution in [0, 0.1) is 0 Å². The molecule has 0 rings (SSSR count). The van der Waals surface area contributed by atoms with Crippen molar-refractivity contribution in [1.29, 1.82) is 0 Å². The number of phosphoric acid groups is 1. The Morgan fingerprint density at radius 1 is 0.402 bits per heavy atom. The quantitative estimate of drug-likeness (QED) is 0.0205. The molecule has 0 aromatic carbocycles. The van der Waals surface area contributed by atoms with E-state index in [-0.39, 0.29) is 31.5 Å². The number of hydrogen-bond donors (Lipinski definition) is 2. The number of unbranched alkanes of at least 4 members (excludes halogenated alkanes) is 36. The van der Waals surface area contributed by atoms with Gasteiger partial charge in [0.2, 0.25) is 5.91 Å². The van der Waals surface area contributed by atoms with Crippen LogP contribution < -0.4 is 5.32 Å². The molecule has 0 radical (unpaired) electrons. The molecule has 0 heterocycles. The van der Waals surface area contributed by atoms with E-state index in [4.69, 9.17) is 13.8 Å². The number of phosphoric ester groups is 1. The Morgan fingerprint density at radius 2 is 0.701 bits per heavy atom. The number of carbonyl (C=O) groups is 2. The van der Waals surface area contributed by atoms with Gasteiger partial charge in [0.1, 0.15) is 19.3 Å². The Hall–Kier alpha value is -3.07. The highest BCUT2D eigenvalue weighted by molar-refractivity contribution is 7.47. The Bertz CT molecular complexity index is 1810. The van der Waals surface area contributed by atoms with E-state index in [1.807, 2.05) is 33.3 Å². The summed E-state index contributed by atoms with van der Waals surface area (Å²) in [6.07, 6.45) is 89.9. The normalized spacial score (nSPS) is 14.1. The van der Waals surface area contributed by atoms with E-state index in [9.17, 15) is 19.0 Å². The van der Waals surface area contributed by atoms with Crippen molar-refractivity contribution in [1.82, 2.24) is 5.32 Å². The summed E-state index contributed by atoms with van der Waals surface area (Å²) in [5, 5.41) is 3.07. The van der Waals surface area contributed by atoms with Crippen LogP contribution in [-0.4, -0.2) is 74.3 Å². The Balaban J connectivity index is 5.01. The lowest BCUT2D eigenvalue weighted by Crippen LogP contribution is -2.47. The number of nitrogens with one attached hydrogen (secondary N) is 1. The summed E-state index contributed by atoms with van der Waals surface area (Å²) in [6.45, 7) is 6.97. The molecule has 0 spiro atoms. The van der Waals surface area contributed by atoms with Crippen LogP contribution in [0.3, 0.4) is 0 Å². The first-order valence-electron chi connectivity index (χ1n) is 36.6. The smallest absolute Gasteiger partial charge is 0.456 e. The first-order chi connectivity index (χ1) is 42.4. The lowest BCUT2D eigenvalue weighted by atomic mass is 10.0. The molecule has 0 aliphatic rings. The molecule has 87 heavy (non-hydrogen) atoms. The first kappa shape index (κ1) is 83.9. The number of nitrogens with zero attached hydrogens (tertiary/aromatic N) is 1. The van der Waals surface area contributed by atoms with Gasteiger partial charge in [-0.1, -0.05) is 298 Å². The van der Waals surface area contributed by atoms with Gasteiger partial charge in [0.05, 0.1) is 33.8 Å². The van der Waals surface area contributed by atoms with Gasteiger partial charge in [0, 0.05) is 12.8 Å². The number of likely N-dealkylation sites (N-methyl/N-ethyl adjacent to an activating group) is 1. The minimum Gasteiger partial charge on any atom is -0.456 e. The zero-order valence-corrected chi connectivity index (χ0v) is 58.6. The molecule has 0 aliphatic carbocycles. The second kappa shape index (κ2) is 65.9. The van der Waals surface area contributed by atoms with Crippen LogP contribution in [0.15, 0.2) is 97.2 Å². The molecular formula is C77H140N2O7P+. The number of carbonyl (C=O) groups excluding carboxylic acids is 2. The minimum absolute atomic E-state index is 0.0357. The van der Waals surface area contributed by atoms with E-state index in [1.54, 1.807) is 0 Å². The van der Waals surface area contributed by atoms with Gasteiger partial charge in [-0.15, -0.1) is 0 Å². The standard InChI is InChI=1S/C77H139N2O7P/c1-7-10-13-16-19-22-25-27-29-31-33-35-37-38-39-40-42-44-46-48-50-52-55-58-61-64-67-70-77(81)86-75(68-65-62-59-56-53-24-21-18-15-12-9-3)74(73-85-87(82,83)84-72-71-79(4,5)6)78-76(80)69-66-63-60-57-54-51-49-47-45-43-41-36-34-32-30-28-26-23-20-17-14-11-8-2/h19-20,22-23,27-30,33-36,38-39,65,68,74-75H,7-18,21,24-26,31-32,37,40-64,66-67,69-73H2,1-6H3,(H-,78,80,82,83)/p+1/b22-19-,23-20-,29-27-,30-28-,35-33-,36-34-,39-38-,68-65+. The van der Waals surface area contributed by atoms with Gasteiger partial charge in [0.25, 0.3) is 0 Å². The molecule has 9 nitrogen and oxygen atoms in total. The fraction of sp³-hybridized carbons (Fsp3) is 0.766. The summed E-state index contributed by atoms with van der Waals surface area (Å²) >= 11 is 0. The van der Waals surface area contributed by atoms with E-state index in [1.165, 1.54) is 205 Å². The molecule has 10 heteroatoms. The van der Waals surface area contributed by atoms with E-state index >= 15 is 0 Å². The average molecular weight is 1240 g/mol. The SMILES string of the molecule is CCCCC/C=C\C/C=C\C/C=C\C/C=C\CCCCCCCCCCCCCC(=O)OC(/C=C/CCCCCCCCCCC)C(COP(=O)(O)OCC[N+](C)(C)C)NC(=O)CCCCCCCCCCCC/C=C\C/C=C\C/C=C\CCCCC. The highest BCUT2D eigenvalue weighted by Gasteiger charge is 2.30. The summed E-state index contributed by atoms with van der Waals surface area (Å²) in [7, 11) is 1.49. The molecule has 0 aromatic rings. The van der Waals surface area contributed by atoms with Gasteiger partial charge < -0.3 is 19.4 Å². The van der Waals surface area contributed by atoms with Crippen LogP contribution >= 0.6 is 7.82 Å². The van der Waals surface area contributed by atoms with Crippen molar-refractivity contribution in [3.63, 3.8) is 0 Å². The number of amides is 1. The molecule has 3 unspecified atom stereocenters. The van der Waals surface area contributed by atoms with Crippen molar-refractivity contribution in [2.75, 3.05) is 40.9 Å². The van der Waals surface area contributed by atoms with Crippen molar-refractivity contribution in [2.45, 2.75) is 341 Å². The zero-order valence-electron chi connectivity index (χ0n) is 57.7. The molecule has 504 valence electrons. The maximum absolute atomic E-state index is 13.6. The minimum atomic E-state index is -4.46. The van der Waals surface area contributed by atoms with Gasteiger partial charge in [0.15, 0.2) is 0 Å². The van der Waals surface area contributed by atoms with Gasteiger partial charge >= 0.3 is 13.8 Å². The van der Waals surface area contributed by atoms with Crippen LogP contribution in [0.1, 0.15) is 329 Å². The van der Waals surface area contributed by atoms with Crippen LogP contribution in [0.5, 0.6) is 0 Å². The van der Waals surface area contributed by atoms with Crippen LogP contribution in [0.25, 0.3) is 0 Å². The van der Waals surface area contributed by atoms with E-state index < -0.39 is 20.0 Å². The maximum atomic E-state index is 13.6. The lowest BCUT2D eigenvalue weighted by Gasteiger charge is -2.27. The second-order valence-corrected chi connectivity index (χ2v) is 27.2. The number of allylic oxidation sites excluding steroid dienone is 15. The summed E-state index contributed by atoms with van der Waals surface area (Å²) in [6, 6.07) is -0.857. The third kappa shape index (κ3) is 67.2. The fourth-order valence-corrected chi connectivity index (χ4v) is 11.1. The summed E-state index contributed by atoms with van der Waals surface area (Å²) < 4.78 is 30.8. The van der Waals surface area contributed by atoms with Gasteiger partial charge in [-0.2, -0.15) is 0 Å². The molecule has 2 N–H and O–H groups in total. The Morgan fingerprint density at radius 3 is 1.07 bits per heavy atom. The third-order valence-electron chi connectivity index (χ3n) is 16.0. The number of esters is 1. The topological polar surface area (TPSA) is 111 Å². The summed E-state index contributed by atoms with van der Waals surface area (Å²) in [5.41, 5.74) is 0. The Labute approximate surface area is 538 Å². The predicted octanol–water partition coefficient (Wildman–Crippen LogP) is 23.5. The summed E-state index contributed by atoms with van der Waals surface area (Å²) in [4.78, 5) is 37.9. The third-order valence-corrected chi connectivity index (χ3v) is 17.0. The molecule has 0 aromatic heterocycles. The highest BCUT2D eigenvalue weighted by Crippen LogP contribution is 2.43. The van der Waals surface area contributed by atoms with Gasteiger partial charge in [-0.05, 0) is 115 Å². The largest absolute Gasteiger partial charge is 0.472 e. The van der Waals surface area contributed by atoms with Crippen LogP contribution in [0.2, 0.25) is 0 Å². The van der Waals surface area contributed by atoms with Crippen molar-refractivity contribution < 1.29 is 37.3 Å². The molecule has 0 aliphatic heterocycles. The van der Waals surface area contributed by atoms with Gasteiger partial charge in [-0.25, -0.2) is 4.57 Å². The number of rotatable bonds is 66.